The number of carbonyl (C=O) groups is 2. The van der Waals surface area contributed by atoms with Gasteiger partial charge in [-0.05, 0) is 18.6 Å². The Bertz CT molecular complexity index is 788. The Hall–Kier alpha value is -2.81. The quantitative estimate of drug-likeness (QED) is 0.845. The predicted molar refractivity (Wildman–Crippen MR) is 91.9 cm³/mol. The van der Waals surface area contributed by atoms with Crippen LogP contribution in [0.1, 0.15) is 18.4 Å². The van der Waals surface area contributed by atoms with Crippen LogP contribution in [0.3, 0.4) is 0 Å². The van der Waals surface area contributed by atoms with Crippen molar-refractivity contribution in [3.63, 3.8) is 0 Å². The number of hydrogen-bond acceptors (Lipinski definition) is 7. The van der Waals surface area contributed by atoms with Gasteiger partial charge in [-0.15, -0.1) is 10.2 Å². The lowest BCUT2D eigenvalue weighted by molar-refractivity contribution is -0.119. The average molecular weight is 344 g/mol. The number of aryl methyl sites for hydroxylation is 1. The SMILES string of the molecule is CCc1nnc(NC(=O)C2=NN(c3ccccc3)[C@@H](C(N)=O)C2)s1. The van der Waals surface area contributed by atoms with Crippen LogP contribution in [0.5, 0.6) is 0 Å². The summed E-state index contributed by atoms with van der Waals surface area (Å²) >= 11 is 1.31. The smallest absolute Gasteiger partial charge is 0.273 e. The van der Waals surface area contributed by atoms with Crippen LogP contribution in [0, 0.1) is 0 Å². The van der Waals surface area contributed by atoms with Crippen LogP contribution in [-0.4, -0.2) is 33.8 Å². The summed E-state index contributed by atoms with van der Waals surface area (Å²) in [5.41, 5.74) is 6.39. The topological polar surface area (TPSA) is 114 Å². The van der Waals surface area contributed by atoms with E-state index in [-0.39, 0.29) is 12.1 Å². The molecule has 2 heterocycles. The second-order valence-corrected chi connectivity index (χ2v) is 6.22. The van der Waals surface area contributed by atoms with Crippen molar-refractivity contribution in [3.8, 4) is 0 Å². The van der Waals surface area contributed by atoms with Crippen molar-refractivity contribution < 1.29 is 9.59 Å². The number of anilines is 2. The molecule has 0 bridgehead atoms. The van der Waals surface area contributed by atoms with Crippen molar-refractivity contribution >= 4 is 39.7 Å². The van der Waals surface area contributed by atoms with Crippen LogP contribution in [0.2, 0.25) is 0 Å². The van der Waals surface area contributed by atoms with Gasteiger partial charge in [-0.25, -0.2) is 0 Å². The molecule has 124 valence electrons. The number of nitrogens with one attached hydrogen (secondary N) is 1. The van der Waals surface area contributed by atoms with Crippen LogP contribution >= 0.6 is 11.3 Å². The number of rotatable bonds is 5. The summed E-state index contributed by atoms with van der Waals surface area (Å²) in [7, 11) is 0. The molecule has 1 aliphatic rings. The minimum atomic E-state index is -0.686. The Morgan fingerprint density at radius 1 is 1.33 bits per heavy atom. The predicted octanol–water partition coefficient (Wildman–Crippen LogP) is 1.16. The normalized spacial score (nSPS) is 16.8. The van der Waals surface area contributed by atoms with E-state index in [9.17, 15) is 9.59 Å². The van der Waals surface area contributed by atoms with E-state index in [1.807, 2.05) is 25.1 Å². The molecule has 9 heteroatoms. The molecule has 1 aromatic carbocycles. The molecule has 0 spiro atoms. The lowest BCUT2D eigenvalue weighted by Gasteiger charge is -2.20. The standard InChI is InChI=1S/C15H16N6O2S/c1-2-12-18-19-15(24-12)17-14(23)10-8-11(13(16)22)21(20-10)9-6-4-3-5-7-9/h3-7,11H,2,8H2,1H3,(H2,16,22)(H,17,19,23)/t11-/m1/s1. The Kier molecular flexibility index (Phi) is 4.52. The Labute approximate surface area is 142 Å². The van der Waals surface area contributed by atoms with E-state index in [0.717, 1.165) is 11.4 Å². The molecule has 8 nitrogen and oxygen atoms in total. The maximum absolute atomic E-state index is 12.4. The number of nitrogens with zero attached hydrogens (tertiary/aromatic N) is 4. The summed E-state index contributed by atoms with van der Waals surface area (Å²) in [6.45, 7) is 1.96. The molecule has 0 saturated carbocycles. The number of hydrogen-bond donors (Lipinski definition) is 2. The first-order chi connectivity index (χ1) is 11.6. The molecule has 1 aromatic heterocycles. The van der Waals surface area contributed by atoms with Crippen molar-refractivity contribution in [2.75, 3.05) is 10.3 Å². The minimum absolute atomic E-state index is 0.148. The fourth-order valence-corrected chi connectivity index (χ4v) is 2.98. The monoisotopic (exact) mass is 344 g/mol. The molecule has 3 N–H and O–H groups in total. The third-order valence-electron chi connectivity index (χ3n) is 3.51. The van der Waals surface area contributed by atoms with Gasteiger partial charge >= 0.3 is 0 Å². The number of carbonyl (C=O) groups excluding carboxylic acids is 2. The number of para-hydroxylation sites is 1. The van der Waals surface area contributed by atoms with Gasteiger partial charge in [0.15, 0.2) is 0 Å². The Balaban J connectivity index is 1.79. The largest absolute Gasteiger partial charge is 0.368 e. The van der Waals surface area contributed by atoms with Crippen molar-refractivity contribution in [1.82, 2.24) is 10.2 Å². The molecular weight excluding hydrogens is 328 g/mol. The van der Waals surface area contributed by atoms with Crippen molar-refractivity contribution in [1.29, 1.82) is 0 Å². The van der Waals surface area contributed by atoms with Gasteiger partial charge in [-0.1, -0.05) is 36.5 Å². The lowest BCUT2D eigenvalue weighted by Crippen LogP contribution is -2.39. The van der Waals surface area contributed by atoms with Crippen LogP contribution < -0.4 is 16.1 Å². The number of aromatic nitrogens is 2. The van der Waals surface area contributed by atoms with Gasteiger partial charge in [0, 0.05) is 6.42 Å². The van der Waals surface area contributed by atoms with E-state index >= 15 is 0 Å². The van der Waals surface area contributed by atoms with E-state index in [4.69, 9.17) is 5.73 Å². The highest BCUT2D eigenvalue weighted by molar-refractivity contribution is 7.15. The zero-order chi connectivity index (χ0) is 17.1. The number of benzene rings is 1. The molecule has 0 saturated heterocycles. The van der Waals surface area contributed by atoms with Crippen LogP contribution in [0.4, 0.5) is 10.8 Å². The van der Waals surface area contributed by atoms with Gasteiger partial charge < -0.3 is 5.73 Å². The number of primary amides is 1. The summed E-state index contributed by atoms with van der Waals surface area (Å²) in [6.07, 6.45) is 0.898. The Morgan fingerprint density at radius 2 is 2.08 bits per heavy atom. The first-order valence-corrected chi connectivity index (χ1v) is 8.25. The molecule has 2 amide bonds. The second kappa shape index (κ2) is 6.75. The molecule has 0 fully saturated rings. The number of amides is 2. The fraction of sp³-hybridized carbons (Fsp3) is 0.267. The number of nitrogens with two attached hydrogens (primary N) is 1. The van der Waals surface area contributed by atoms with Gasteiger partial charge in [0.2, 0.25) is 11.0 Å². The maximum Gasteiger partial charge on any atom is 0.273 e. The molecule has 2 aromatic rings. The highest BCUT2D eigenvalue weighted by Crippen LogP contribution is 2.25. The zero-order valence-corrected chi connectivity index (χ0v) is 13.8. The highest BCUT2D eigenvalue weighted by atomic mass is 32.1. The van der Waals surface area contributed by atoms with E-state index in [1.165, 1.54) is 16.3 Å². The zero-order valence-electron chi connectivity index (χ0n) is 13.0. The van der Waals surface area contributed by atoms with Gasteiger partial charge in [-0.2, -0.15) is 5.10 Å². The van der Waals surface area contributed by atoms with Gasteiger partial charge in [0.1, 0.15) is 16.8 Å². The first-order valence-electron chi connectivity index (χ1n) is 7.43. The lowest BCUT2D eigenvalue weighted by atomic mass is 10.1. The molecule has 1 atom stereocenters. The van der Waals surface area contributed by atoms with Gasteiger partial charge in [0.25, 0.3) is 5.91 Å². The molecule has 0 unspecified atom stereocenters. The fourth-order valence-electron chi connectivity index (χ4n) is 2.30. The van der Waals surface area contributed by atoms with Crippen LogP contribution in [0.15, 0.2) is 35.4 Å². The van der Waals surface area contributed by atoms with Gasteiger partial charge in [0.05, 0.1) is 5.69 Å². The van der Waals surface area contributed by atoms with Gasteiger partial charge in [-0.3, -0.25) is 19.9 Å². The first kappa shape index (κ1) is 16.1. The highest BCUT2D eigenvalue weighted by Gasteiger charge is 2.35. The van der Waals surface area contributed by atoms with E-state index in [1.54, 1.807) is 12.1 Å². The summed E-state index contributed by atoms with van der Waals surface area (Å²) in [4.78, 5) is 24.1. The maximum atomic E-state index is 12.4. The Morgan fingerprint density at radius 3 is 2.71 bits per heavy atom. The summed E-state index contributed by atoms with van der Waals surface area (Å²) in [5.74, 6) is -0.937. The van der Waals surface area contributed by atoms with Crippen LogP contribution in [-0.2, 0) is 16.0 Å². The summed E-state index contributed by atoms with van der Waals surface area (Å²) in [6, 6.07) is 8.44. The third-order valence-corrected chi connectivity index (χ3v) is 4.49. The molecule has 0 aliphatic carbocycles. The molecule has 1 aliphatic heterocycles. The number of hydrazone groups is 1. The van der Waals surface area contributed by atoms with Crippen molar-refractivity contribution in [2.45, 2.75) is 25.8 Å². The molecule has 3 rings (SSSR count). The minimum Gasteiger partial charge on any atom is -0.368 e. The van der Waals surface area contributed by atoms with E-state index in [2.05, 4.69) is 20.6 Å². The van der Waals surface area contributed by atoms with E-state index in [0.29, 0.717) is 10.8 Å². The molecular formula is C15H16N6O2S. The van der Waals surface area contributed by atoms with Crippen molar-refractivity contribution in [3.05, 3.63) is 35.3 Å². The van der Waals surface area contributed by atoms with E-state index < -0.39 is 17.9 Å². The summed E-state index contributed by atoms with van der Waals surface area (Å²) in [5, 5.41) is 17.5. The molecule has 24 heavy (non-hydrogen) atoms. The third kappa shape index (κ3) is 3.25. The molecule has 0 radical (unpaired) electrons. The second-order valence-electron chi connectivity index (χ2n) is 5.16. The van der Waals surface area contributed by atoms with Crippen molar-refractivity contribution in [2.24, 2.45) is 10.8 Å². The summed E-state index contributed by atoms with van der Waals surface area (Å²) < 4.78 is 0. The van der Waals surface area contributed by atoms with Crippen LogP contribution in [0.25, 0.3) is 0 Å². The average Bonchev–Trinajstić information content (AvgIpc) is 3.22.